The van der Waals surface area contributed by atoms with Crippen molar-refractivity contribution >= 4 is 0 Å². The van der Waals surface area contributed by atoms with E-state index >= 15 is 0 Å². The Morgan fingerprint density at radius 3 is 3.00 bits per heavy atom. The van der Waals surface area contributed by atoms with Crippen LogP contribution in [0.1, 0.15) is 24.8 Å². The van der Waals surface area contributed by atoms with E-state index in [2.05, 4.69) is 15.4 Å². The smallest absolute Gasteiger partial charge is 0.149 e. The van der Waals surface area contributed by atoms with Gasteiger partial charge in [-0.1, -0.05) is 12.5 Å². The average Bonchev–Trinajstić information content (AvgIpc) is 2.94. The molecule has 0 bridgehead atoms. The Bertz CT molecular complexity index is 532. The first-order chi connectivity index (χ1) is 9.33. The van der Waals surface area contributed by atoms with Gasteiger partial charge in [0.05, 0.1) is 0 Å². The van der Waals surface area contributed by atoms with Gasteiger partial charge in [0.1, 0.15) is 24.2 Å². The fourth-order valence-corrected chi connectivity index (χ4v) is 2.58. The number of nitrogens with zero attached hydrogens (tertiary/aromatic N) is 3. The molecular weight excluding hydrogens is 243 g/mol. The Kier molecular flexibility index (Phi) is 3.55. The number of hydrogen-bond acceptors (Lipinski definition) is 3. The van der Waals surface area contributed by atoms with Crippen LogP contribution < -0.4 is 5.32 Å². The van der Waals surface area contributed by atoms with Crippen LogP contribution in [0.15, 0.2) is 30.9 Å². The number of rotatable bonds is 3. The molecule has 1 aromatic carbocycles. The Labute approximate surface area is 111 Å². The van der Waals surface area contributed by atoms with Gasteiger partial charge in [0.15, 0.2) is 0 Å². The highest BCUT2D eigenvalue weighted by Crippen LogP contribution is 2.17. The minimum atomic E-state index is -0.251. The van der Waals surface area contributed by atoms with Crippen molar-refractivity contribution in [2.75, 3.05) is 6.54 Å². The molecule has 0 saturated carbocycles. The van der Waals surface area contributed by atoms with Gasteiger partial charge in [-0.15, -0.1) is 0 Å². The van der Waals surface area contributed by atoms with E-state index < -0.39 is 0 Å². The van der Waals surface area contributed by atoms with Crippen LogP contribution in [0.5, 0.6) is 0 Å². The number of piperidine rings is 1. The predicted molar refractivity (Wildman–Crippen MR) is 70.7 cm³/mol. The molecule has 1 atom stereocenters. The Morgan fingerprint density at radius 1 is 1.37 bits per heavy atom. The van der Waals surface area contributed by atoms with Crippen molar-refractivity contribution in [2.45, 2.75) is 31.7 Å². The molecule has 0 spiro atoms. The summed E-state index contributed by atoms with van der Waals surface area (Å²) in [5.74, 6) is -0.251. The highest BCUT2D eigenvalue weighted by Gasteiger charge is 2.14. The fraction of sp³-hybridized carbons (Fsp3) is 0.429. The third-order valence-electron chi connectivity index (χ3n) is 3.57. The molecule has 4 nitrogen and oxygen atoms in total. The average molecular weight is 260 g/mol. The van der Waals surface area contributed by atoms with E-state index in [1.807, 2.05) is 6.07 Å². The summed E-state index contributed by atoms with van der Waals surface area (Å²) >= 11 is 0. The summed E-state index contributed by atoms with van der Waals surface area (Å²) in [6, 6.07) is 5.82. The number of nitrogens with one attached hydrogen (secondary N) is 1. The lowest BCUT2D eigenvalue weighted by molar-refractivity contribution is 0.399. The van der Waals surface area contributed by atoms with Crippen LogP contribution in [0.2, 0.25) is 0 Å². The van der Waals surface area contributed by atoms with E-state index in [0.717, 1.165) is 18.5 Å². The zero-order valence-corrected chi connectivity index (χ0v) is 10.7. The highest BCUT2D eigenvalue weighted by molar-refractivity contribution is 5.35. The molecule has 0 radical (unpaired) electrons. The summed E-state index contributed by atoms with van der Waals surface area (Å²) in [5.41, 5.74) is 1.47. The zero-order chi connectivity index (χ0) is 13.1. The molecule has 5 heteroatoms. The second-order valence-electron chi connectivity index (χ2n) is 4.98. The summed E-state index contributed by atoms with van der Waals surface area (Å²) in [4.78, 5) is 3.83. The van der Waals surface area contributed by atoms with Gasteiger partial charge in [-0.2, -0.15) is 5.10 Å². The van der Waals surface area contributed by atoms with E-state index in [9.17, 15) is 4.39 Å². The summed E-state index contributed by atoms with van der Waals surface area (Å²) in [7, 11) is 0. The van der Waals surface area contributed by atoms with Crippen molar-refractivity contribution < 1.29 is 4.39 Å². The molecule has 1 aliphatic rings. The first-order valence-corrected chi connectivity index (χ1v) is 6.70. The Hall–Kier alpha value is -1.75. The molecule has 19 heavy (non-hydrogen) atoms. The summed E-state index contributed by atoms with van der Waals surface area (Å²) in [6.07, 6.45) is 7.47. The quantitative estimate of drug-likeness (QED) is 0.919. The maximum Gasteiger partial charge on any atom is 0.149 e. The van der Waals surface area contributed by atoms with Crippen molar-refractivity contribution in [2.24, 2.45) is 0 Å². The molecule has 1 aromatic heterocycles. The van der Waals surface area contributed by atoms with Crippen molar-refractivity contribution in [3.05, 3.63) is 42.2 Å². The first-order valence-electron chi connectivity index (χ1n) is 6.70. The Balaban J connectivity index is 1.75. The van der Waals surface area contributed by atoms with Crippen LogP contribution in [0.25, 0.3) is 5.69 Å². The van der Waals surface area contributed by atoms with Gasteiger partial charge in [-0.25, -0.2) is 14.1 Å². The molecule has 1 fully saturated rings. The van der Waals surface area contributed by atoms with Crippen molar-refractivity contribution in [3.8, 4) is 5.69 Å². The molecule has 2 aromatic rings. The molecule has 3 rings (SSSR count). The molecule has 1 saturated heterocycles. The summed E-state index contributed by atoms with van der Waals surface area (Å²) < 4.78 is 15.5. The third-order valence-corrected chi connectivity index (χ3v) is 3.57. The lowest BCUT2D eigenvalue weighted by Gasteiger charge is -2.23. The van der Waals surface area contributed by atoms with Crippen molar-refractivity contribution in [1.29, 1.82) is 0 Å². The highest BCUT2D eigenvalue weighted by atomic mass is 19.1. The van der Waals surface area contributed by atoms with E-state index in [4.69, 9.17) is 0 Å². The fourth-order valence-electron chi connectivity index (χ4n) is 2.58. The number of halogens is 1. The van der Waals surface area contributed by atoms with Crippen LogP contribution in [-0.2, 0) is 6.42 Å². The van der Waals surface area contributed by atoms with Crippen molar-refractivity contribution in [1.82, 2.24) is 20.1 Å². The maximum absolute atomic E-state index is 14.1. The lowest BCUT2D eigenvalue weighted by Crippen LogP contribution is -2.35. The molecule has 100 valence electrons. The molecule has 1 unspecified atom stereocenters. The molecule has 0 aliphatic carbocycles. The van der Waals surface area contributed by atoms with E-state index in [0.29, 0.717) is 11.7 Å². The van der Waals surface area contributed by atoms with Crippen LogP contribution >= 0.6 is 0 Å². The standard InChI is InChI=1S/C14H17FN4/c15-13-8-11(7-12-3-1-2-6-17-12)4-5-14(13)19-10-16-9-18-19/h4-5,8-10,12,17H,1-3,6-7H2. The van der Waals surface area contributed by atoms with Crippen LogP contribution in [-0.4, -0.2) is 27.4 Å². The topological polar surface area (TPSA) is 42.7 Å². The maximum atomic E-state index is 14.1. The van der Waals surface area contributed by atoms with Crippen molar-refractivity contribution in [3.63, 3.8) is 0 Å². The predicted octanol–water partition coefficient (Wildman–Crippen LogP) is 2.09. The molecule has 2 heterocycles. The molecular formula is C14H17FN4. The number of benzene rings is 1. The summed E-state index contributed by atoms with van der Waals surface area (Å²) in [5, 5.41) is 7.43. The lowest BCUT2D eigenvalue weighted by atomic mass is 9.97. The van der Waals surface area contributed by atoms with Gasteiger partial charge >= 0.3 is 0 Å². The largest absolute Gasteiger partial charge is 0.314 e. The van der Waals surface area contributed by atoms with E-state index in [1.54, 1.807) is 12.1 Å². The van der Waals surface area contributed by atoms with Crippen LogP contribution in [0.4, 0.5) is 4.39 Å². The number of hydrogen-bond donors (Lipinski definition) is 1. The monoisotopic (exact) mass is 260 g/mol. The third kappa shape index (κ3) is 2.81. The SMILES string of the molecule is Fc1cc(CC2CCCCN2)ccc1-n1cncn1. The number of aromatic nitrogens is 3. The normalized spacial score (nSPS) is 19.5. The van der Waals surface area contributed by atoms with Crippen LogP contribution in [0.3, 0.4) is 0 Å². The Morgan fingerprint density at radius 2 is 2.32 bits per heavy atom. The second-order valence-corrected chi connectivity index (χ2v) is 4.98. The minimum absolute atomic E-state index is 0.251. The zero-order valence-electron chi connectivity index (χ0n) is 10.7. The van der Waals surface area contributed by atoms with E-state index in [1.165, 1.54) is 36.6 Å². The van der Waals surface area contributed by atoms with Gasteiger partial charge in [0.2, 0.25) is 0 Å². The molecule has 0 amide bonds. The van der Waals surface area contributed by atoms with Crippen LogP contribution in [0, 0.1) is 5.82 Å². The molecule has 1 aliphatic heterocycles. The van der Waals surface area contributed by atoms with Gasteiger partial charge < -0.3 is 5.32 Å². The first kappa shape index (κ1) is 12.3. The van der Waals surface area contributed by atoms with E-state index in [-0.39, 0.29) is 5.82 Å². The van der Waals surface area contributed by atoms with Gasteiger partial charge in [0, 0.05) is 6.04 Å². The van der Waals surface area contributed by atoms with Gasteiger partial charge in [-0.05, 0) is 43.5 Å². The van der Waals surface area contributed by atoms with Gasteiger partial charge in [0.25, 0.3) is 0 Å². The van der Waals surface area contributed by atoms with Gasteiger partial charge in [-0.3, -0.25) is 0 Å². The summed E-state index contributed by atoms with van der Waals surface area (Å²) in [6.45, 7) is 1.07. The minimum Gasteiger partial charge on any atom is -0.314 e. The second kappa shape index (κ2) is 5.48. The molecule has 1 N–H and O–H groups in total.